The molecule has 0 aliphatic rings. The lowest BCUT2D eigenvalue weighted by molar-refractivity contribution is -0.136. The highest BCUT2D eigenvalue weighted by molar-refractivity contribution is 5.85. The highest BCUT2D eigenvalue weighted by atomic mass is 16.4. The van der Waals surface area contributed by atoms with E-state index in [0.717, 1.165) is 6.07 Å². The lowest BCUT2D eigenvalue weighted by atomic mass is 10.0. The van der Waals surface area contributed by atoms with E-state index < -0.39 is 23.8 Å². The predicted molar refractivity (Wildman–Crippen MR) is 61.9 cm³/mol. The third kappa shape index (κ3) is 1.88. The van der Waals surface area contributed by atoms with Crippen LogP contribution in [0.5, 0.6) is 11.5 Å². The molecule has 3 N–H and O–H groups in total. The van der Waals surface area contributed by atoms with Crippen molar-refractivity contribution in [2.45, 2.75) is 13.3 Å². The van der Waals surface area contributed by atoms with Crippen LogP contribution in [0.15, 0.2) is 21.3 Å². The van der Waals surface area contributed by atoms with E-state index in [1.807, 2.05) is 0 Å². The number of carbonyl (C=O) groups is 1. The van der Waals surface area contributed by atoms with Gasteiger partial charge in [0.25, 0.3) is 0 Å². The normalized spacial score (nSPS) is 10.7. The van der Waals surface area contributed by atoms with Crippen LogP contribution in [0.3, 0.4) is 0 Å². The zero-order valence-electron chi connectivity index (χ0n) is 9.43. The first-order valence-electron chi connectivity index (χ1n) is 5.10. The van der Waals surface area contributed by atoms with Crippen molar-refractivity contribution < 1.29 is 24.5 Å². The molecule has 0 spiro atoms. The van der Waals surface area contributed by atoms with Crippen LogP contribution in [0.1, 0.15) is 11.1 Å². The van der Waals surface area contributed by atoms with E-state index in [2.05, 4.69) is 0 Å². The quantitative estimate of drug-likeness (QED) is 0.544. The van der Waals surface area contributed by atoms with E-state index in [4.69, 9.17) is 9.52 Å². The first-order valence-corrected chi connectivity index (χ1v) is 5.10. The summed E-state index contributed by atoms with van der Waals surface area (Å²) in [5.41, 5.74) is -0.214. The fraction of sp³-hybridized carbons (Fsp3) is 0.167. The van der Waals surface area contributed by atoms with Crippen molar-refractivity contribution >= 4 is 16.9 Å². The molecule has 0 atom stereocenters. The number of aryl methyl sites for hydroxylation is 1. The minimum Gasteiger partial charge on any atom is -0.504 e. The summed E-state index contributed by atoms with van der Waals surface area (Å²) in [6, 6.07) is 2.35. The van der Waals surface area contributed by atoms with Crippen molar-refractivity contribution in [3.8, 4) is 11.5 Å². The number of phenolic OH excluding ortho intramolecular Hbond substituents is 2. The van der Waals surface area contributed by atoms with Crippen LogP contribution in [-0.4, -0.2) is 21.3 Å². The van der Waals surface area contributed by atoms with Crippen LogP contribution in [0.2, 0.25) is 0 Å². The highest BCUT2D eigenvalue weighted by Gasteiger charge is 2.15. The fourth-order valence-corrected chi connectivity index (χ4v) is 1.77. The number of benzene rings is 1. The highest BCUT2D eigenvalue weighted by Crippen LogP contribution is 2.31. The van der Waals surface area contributed by atoms with Gasteiger partial charge in [-0.05, 0) is 18.6 Å². The third-order valence-corrected chi connectivity index (χ3v) is 2.71. The predicted octanol–water partition coefficient (Wildman–Crippen LogP) is 1.14. The monoisotopic (exact) mass is 250 g/mol. The summed E-state index contributed by atoms with van der Waals surface area (Å²) < 4.78 is 4.92. The molecule has 0 aliphatic carbocycles. The van der Waals surface area contributed by atoms with Crippen LogP contribution in [0.25, 0.3) is 11.0 Å². The average molecular weight is 250 g/mol. The molecule has 2 aromatic rings. The molecule has 6 heteroatoms. The van der Waals surface area contributed by atoms with E-state index in [0.29, 0.717) is 10.9 Å². The van der Waals surface area contributed by atoms with Gasteiger partial charge in [-0.25, -0.2) is 4.79 Å². The average Bonchev–Trinajstić information content (AvgIpc) is 2.27. The Labute approximate surface area is 101 Å². The zero-order chi connectivity index (χ0) is 13.4. The van der Waals surface area contributed by atoms with Gasteiger partial charge in [-0.2, -0.15) is 0 Å². The number of aliphatic carboxylic acids is 1. The van der Waals surface area contributed by atoms with Crippen LogP contribution in [0.4, 0.5) is 0 Å². The Morgan fingerprint density at radius 2 is 1.89 bits per heavy atom. The Hall–Kier alpha value is -2.50. The van der Waals surface area contributed by atoms with Crippen LogP contribution < -0.4 is 5.63 Å². The lowest BCUT2D eigenvalue weighted by Gasteiger charge is -2.07. The zero-order valence-corrected chi connectivity index (χ0v) is 9.43. The molecular formula is C12H10O6. The number of aromatic hydroxyl groups is 2. The molecule has 1 aromatic carbocycles. The molecule has 18 heavy (non-hydrogen) atoms. The molecule has 0 saturated carbocycles. The molecule has 0 aliphatic heterocycles. The summed E-state index contributed by atoms with van der Waals surface area (Å²) in [5.74, 6) is -1.91. The third-order valence-electron chi connectivity index (χ3n) is 2.71. The first kappa shape index (κ1) is 12.0. The number of carboxylic acid groups (broad SMARTS) is 1. The molecule has 6 nitrogen and oxygen atoms in total. The first-order chi connectivity index (χ1) is 8.40. The topological polar surface area (TPSA) is 108 Å². The molecule has 2 rings (SSSR count). The van der Waals surface area contributed by atoms with Crippen molar-refractivity contribution in [2.24, 2.45) is 0 Å². The van der Waals surface area contributed by atoms with Gasteiger partial charge in [0.05, 0.1) is 12.0 Å². The minimum atomic E-state index is -1.15. The molecule has 1 aromatic heterocycles. The Balaban J connectivity index is 2.80. The van der Waals surface area contributed by atoms with Gasteiger partial charge in [0.15, 0.2) is 11.5 Å². The van der Waals surface area contributed by atoms with Gasteiger partial charge in [0.1, 0.15) is 5.58 Å². The van der Waals surface area contributed by atoms with Gasteiger partial charge in [-0.15, -0.1) is 0 Å². The van der Waals surface area contributed by atoms with Gasteiger partial charge in [-0.1, -0.05) is 0 Å². The van der Waals surface area contributed by atoms with Crippen molar-refractivity contribution in [3.05, 3.63) is 33.7 Å². The van der Waals surface area contributed by atoms with Gasteiger partial charge >= 0.3 is 11.6 Å². The molecule has 1 heterocycles. The van der Waals surface area contributed by atoms with E-state index >= 15 is 0 Å². The summed E-state index contributed by atoms with van der Waals surface area (Å²) in [6.45, 7) is 1.56. The second-order valence-electron chi connectivity index (χ2n) is 3.90. The van der Waals surface area contributed by atoms with Gasteiger partial charge in [0.2, 0.25) is 0 Å². The maximum Gasteiger partial charge on any atom is 0.340 e. The maximum atomic E-state index is 11.6. The SMILES string of the molecule is Cc1c(CC(=O)O)c(=O)oc2cc(O)c(O)cc12. The van der Waals surface area contributed by atoms with E-state index in [1.165, 1.54) is 6.07 Å². The Kier molecular flexibility index (Phi) is 2.70. The number of hydrogen-bond donors (Lipinski definition) is 3. The number of fused-ring (bicyclic) bond motifs is 1. The second kappa shape index (κ2) is 4.06. The Morgan fingerprint density at radius 3 is 2.50 bits per heavy atom. The summed E-state index contributed by atoms with van der Waals surface area (Å²) in [4.78, 5) is 22.3. The standard InChI is InChI=1S/C12H10O6/c1-5-6-2-8(13)9(14)4-10(6)18-12(17)7(5)3-11(15)16/h2,4,13-14H,3H2,1H3,(H,15,16). The molecule has 0 saturated heterocycles. The summed E-state index contributed by atoms with van der Waals surface area (Å²) in [6.07, 6.45) is -0.453. The molecule has 0 radical (unpaired) electrons. The van der Waals surface area contributed by atoms with Crippen molar-refractivity contribution in [1.29, 1.82) is 0 Å². The summed E-state index contributed by atoms with van der Waals surface area (Å²) in [5, 5.41) is 27.8. The second-order valence-corrected chi connectivity index (χ2v) is 3.90. The Bertz CT molecular complexity index is 698. The fourth-order valence-electron chi connectivity index (χ4n) is 1.77. The van der Waals surface area contributed by atoms with Crippen LogP contribution >= 0.6 is 0 Å². The smallest absolute Gasteiger partial charge is 0.340 e. The maximum absolute atomic E-state index is 11.6. The summed E-state index contributed by atoms with van der Waals surface area (Å²) >= 11 is 0. The molecule has 0 amide bonds. The number of carboxylic acids is 1. The van der Waals surface area contributed by atoms with Crippen molar-refractivity contribution in [3.63, 3.8) is 0 Å². The molecule has 0 bridgehead atoms. The molecule has 0 unspecified atom stereocenters. The van der Waals surface area contributed by atoms with Gasteiger partial charge in [-0.3, -0.25) is 4.79 Å². The van der Waals surface area contributed by atoms with E-state index in [9.17, 15) is 19.8 Å². The van der Waals surface area contributed by atoms with E-state index in [1.54, 1.807) is 6.92 Å². The largest absolute Gasteiger partial charge is 0.504 e. The van der Waals surface area contributed by atoms with Crippen LogP contribution in [-0.2, 0) is 11.2 Å². The molecular weight excluding hydrogens is 240 g/mol. The van der Waals surface area contributed by atoms with E-state index in [-0.39, 0.29) is 16.9 Å². The molecule has 94 valence electrons. The number of rotatable bonds is 2. The lowest BCUT2D eigenvalue weighted by Crippen LogP contribution is -2.14. The minimum absolute atomic E-state index is 0.0279. The van der Waals surface area contributed by atoms with Crippen molar-refractivity contribution in [1.82, 2.24) is 0 Å². The van der Waals surface area contributed by atoms with Gasteiger partial charge in [0, 0.05) is 11.5 Å². The van der Waals surface area contributed by atoms with Crippen LogP contribution in [0, 0.1) is 6.92 Å². The van der Waals surface area contributed by atoms with Crippen molar-refractivity contribution in [2.75, 3.05) is 0 Å². The van der Waals surface area contributed by atoms with Gasteiger partial charge < -0.3 is 19.7 Å². The number of phenols is 2. The Morgan fingerprint density at radius 1 is 1.28 bits per heavy atom. The summed E-state index contributed by atoms with van der Waals surface area (Å²) in [7, 11) is 0. The molecule has 0 fully saturated rings. The number of hydrogen-bond acceptors (Lipinski definition) is 5.